The predicted molar refractivity (Wildman–Crippen MR) is 330 cm³/mol. The molecule has 9 fully saturated rings. The Hall–Kier alpha value is -3.27. The van der Waals surface area contributed by atoms with Crippen molar-refractivity contribution in [2.24, 2.45) is 0 Å². The van der Waals surface area contributed by atoms with E-state index < -0.39 is 347 Å². The van der Waals surface area contributed by atoms with Gasteiger partial charge in [0.05, 0.1) is 59.0 Å². The first-order valence-corrected chi connectivity index (χ1v) is 34.5. The summed E-state index contributed by atoms with van der Waals surface area (Å²) in [5.41, 5.74) is 0. The lowest BCUT2D eigenvalue weighted by Gasteiger charge is -2.51. The summed E-state index contributed by atoms with van der Waals surface area (Å²) in [4.78, 5) is 38.6. The van der Waals surface area contributed by atoms with Crippen LogP contribution in [0.1, 0.15) is 27.7 Å². The Morgan fingerprint density at radius 2 is 0.574 bits per heavy atom. The smallest absolute Gasteiger partial charge is 0.217 e. The number of carbonyl (C=O) groups excluding carboxylic acids is 3. The van der Waals surface area contributed by atoms with Crippen molar-refractivity contribution >= 4 is 17.7 Å². The van der Waals surface area contributed by atoms with Crippen LogP contribution < -0.4 is 16.0 Å². The second-order valence-corrected chi connectivity index (χ2v) is 27.5. The second kappa shape index (κ2) is 38.5. The van der Waals surface area contributed by atoms with E-state index in [0.717, 1.165) is 20.8 Å². The lowest BCUT2D eigenvalue weighted by Crippen LogP contribution is -2.71. The van der Waals surface area contributed by atoms with Crippen molar-refractivity contribution in [3.63, 3.8) is 0 Å². The quantitative estimate of drug-likeness (QED) is 0.0363. The average Bonchev–Trinajstić information content (AvgIpc) is 0.770. The molecule has 0 aromatic rings. The fourth-order valence-corrected chi connectivity index (χ4v) is 13.9. The summed E-state index contributed by atoms with van der Waals surface area (Å²) in [6, 6.07) is -5.65. The molecule has 0 aliphatic carbocycles. The third-order valence-electron chi connectivity index (χ3n) is 19.9. The predicted octanol–water partition coefficient (Wildman–Crippen LogP) is -19.2. The van der Waals surface area contributed by atoms with Gasteiger partial charge in [-0.1, -0.05) is 0 Å². The molecule has 0 unspecified atom stereocenters. The number of aliphatic hydroxyl groups excluding tert-OH is 25. The zero-order valence-corrected chi connectivity index (χ0v) is 58.0. The Kier molecular flexibility index (Phi) is 31.6. The third-order valence-corrected chi connectivity index (χ3v) is 19.9. The van der Waals surface area contributed by atoms with E-state index in [1.165, 1.54) is 6.92 Å². The molecule has 48 heteroatoms. The van der Waals surface area contributed by atoms with Gasteiger partial charge >= 0.3 is 0 Å². The van der Waals surface area contributed by atoms with E-state index in [-0.39, 0.29) is 0 Å². The van der Waals surface area contributed by atoms with Crippen LogP contribution in [0.2, 0.25) is 0 Å². The van der Waals surface area contributed by atoms with Crippen LogP contribution in [0.25, 0.3) is 0 Å². The lowest BCUT2D eigenvalue weighted by molar-refractivity contribution is -0.397. The number of nitrogens with one attached hydrogen (secondary N) is 3. The highest BCUT2D eigenvalue weighted by atomic mass is 16.8. The highest BCUT2D eigenvalue weighted by Crippen LogP contribution is 2.39. The van der Waals surface area contributed by atoms with Gasteiger partial charge in [-0.05, 0) is 6.92 Å². The van der Waals surface area contributed by atoms with E-state index in [0.29, 0.717) is 0 Å². The van der Waals surface area contributed by atoms with Crippen LogP contribution in [0.4, 0.5) is 0 Å². The third kappa shape index (κ3) is 19.3. The Bertz CT molecular complexity index is 2820. The number of hydrogen-bond donors (Lipinski definition) is 28. The van der Waals surface area contributed by atoms with E-state index in [2.05, 4.69) is 16.0 Å². The molecule has 9 aliphatic heterocycles. The first-order chi connectivity index (χ1) is 51.0. The van der Waals surface area contributed by atoms with Gasteiger partial charge in [0.15, 0.2) is 56.6 Å². The minimum Gasteiger partial charge on any atom is -0.394 e. The largest absolute Gasteiger partial charge is 0.394 e. The first kappa shape index (κ1) is 88.7. The monoisotopic (exact) mass is 1580 g/mol. The average molecular weight is 1580 g/mol. The van der Waals surface area contributed by atoms with Crippen molar-refractivity contribution in [3.05, 3.63) is 0 Å². The van der Waals surface area contributed by atoms with Gasteiger partial charge in [-0.2, -0.15) is 0 Å². The number of carbonyl (C=O) groups is 3. The fraction of sp³-hybridized carbons (Fsp3) is 0.950. The summed E-state index contributed by atoms with van der Waals surface area (Å²) in [5, 5.41) is 282. The zero-order valence-electron chi connectivity index (χ0n) is 58.0. The summed E-state index contributed by atoms with van der Waals surface area (Å²) < 4.78 is 99.7. The maximum Gasteiger partial charge on any atom is 0.217 e. The molecule has 108 heavy (non-hydrogen) atoms. The van der Waals surface area contributed by atoms with Crippen LogP contribution in [0, 0.1) is 0 Å². The minimum atomic E-state index is -2.52. The van der Waals surface area contributed by atoms with E-state index in [9.17, 15) is 142 Å². The van der Waals surface area contributed by atoms with Crippen LogP contribution >= 0.6 is 0 Å². The molecule has 626 valence electrons. The van der Waals surface area contributed by atoms with Gasteiger partial charge < -0.3 is 224 Å². The topological polar surface area (TPSA) is 750 Å². The summed E-state index contributed by atoms with van der Waals surface area (Å²) in [5.74, 6) is -2.75. The SMILES string of the molecule is CC(=O)N[C@@H]1[C@@H](O)[C@H](O[C@@H]2O[C@H](CO)[C@@H](O[C@@H]3O[C@H](CO[C@H]4O[C@H](CO)[C@@H](O)[C@H](O)[C@@H]4O)[C@@H](O)[C@H](O[C@H]4O[C@H](CO)[C@@H](O)[C@H](O)[C@@H]4O[C@@H]4O[C@H](CO)[C@@H](O)[C@H](O[C@@H]5O[C@H](CO)[C@H](O)[C@H](O)[C@H]5O)[C@H]4NC(C)=O)[C@@H]3O)[C@H](O)[C@H]2NC(C)=O)[C@@H](CO[C@@H]2O[C@@H](C)[C@@H](O[C@@H]3O[C@H](CO)[C@H](O)[C@H](O)[C@H]3O)[C@@H](O)[C@@H]2O)O[C@H]1O. The number of amides is 3. The first-order valence-electron chi connectivity index (χ1n) is 34.5. The van der Waals surface area contributed by atoms with Gasteiger partial charge in [-0.3, -0.25) is 14.4 Å². The van der Waals surface area contributed by atoms with Crippen LogP contribution in [-0.4, -0.2) is 474 Å². The molecule has 0 radical (unpaired) electrons. The molecule has 45 atom stereocenters. The lowest BCUT2D eigenvalue weighted by atomic mass is 9.93. The fourth-order valence-electron chi connectivity index (χ4n) is 13.9. The molecule has 0 saturated carbocycles. The Balaban J connectivity index is 0.991. The highest BCUT2D eigenvalue weighted by Gasteiger charge is 2.60. The Morgan fingerprint density at radius 3 is 1.09 bits per heavy atom. The van der Waals surface area contributed by atoms with Crippen LogP contribution in [0.5, 0.6) is 0 Å². The number of ether oxygens (including phenoxy) is 17. The molecule has 9 aliphatic rings. The van der Waals surface area contributed by atoms with Gasteiger partial charge in [0.2, 0.25) is 17.7 Å². The number of aliphatic hydroxyl groups is 25. The standard InChI is InChI=1S/C60H101N3O45/c1-13-46(103-57-42(87)37(82)29(74)18(6-65)98-57)40(85)44(89)55(94-13)93-12-24-48(34(79)25(52(91)95-24)61-14(2)70)104-53-26(62-15(3)71)35(80)47(22(10-69)101-53)105-59-45(90)50(33(78)23(102-59)11-92-56-41(86)36(81)28(73)17(5-64)97-56)107-60-51(39(84)31(76)20(8-67)100-60)108-54-27(63-16(4)72)49(32(77)21(9-68)96-54)106-58-43(88)38(83)30(75)19(7-66)99-58/h13,17-60,64-69,73-91H,5-12H2,1-4H3,(H,61,70)(H,62,71)(H,63,72)/t13-,17+,18+,19+,20+,21+,22+,23+,24+,25+,26+,27+,28+,29-,30-,31+,32+,33+,34+,35+,36-,37-,38-,39-,40-,41-,42+,43+,44-,45-,46+,47+,48+,49+,50-,51-,52+,53-,54-,55+,56-,57-,58-,59-,60+/m0/s1. The maximum atomic E-state index is 13.2. The Labute approximate surface area is 611 Å². The van der Waals surface area contributed by atoms with Crippen LogP contribution in [-0.2, 0) is 94.9 Å². The molecular formula is C60H101N3O45. The van der Waals surface area contributed by atoms with Gasteiger partial charge in [-0.25, -0.2) is 0 Å². The number of rotatable bonds is 27. The molecule has 9 saturated heterocycles. The molecule has 0 bridgehead atoms. The van der Waals surface area contributed by atoms with E-state index >= 15 is 0 Å². The molecule has 3 amide bonds. The van der Waals surface area contributed by atoms with Crippen molar-refractivity contribution < 1.29 is 223 Å². The molecule has 9 heterocycles. The molecule has 0 aromatic carbocycles. The van der Waals surface area contributed by atoms with E-state index in [4.69, 9.17) is 80.5 Å². The van der Waals surface area contributed by atoms with Crippen molar-refractivity contribution in [3.8, 4) is 0 Å². The van der Waals surface area contributed by atoms with Crippen LogP contribution in [0.15, 0.2) is 0 Å². The second-order valence-electron chi connectivity index (χ2n) is 27.5. The highest BCUT2D eigenvalue weighted by molar-refractivity contribution is 5.74. The summed E-state index contributed by atoms with van der Waals surface area (Å²) in [6.45, 7) is -4.03. The molecule has 0 spiro atoms. The van der Waals surface area contributed by atoms with Crippen molar-refractivity contribution in [2.45, 2.75) is 304 Å². The minimum absolute atomic E-state index is 0.844. The molecule has 48 nitrogen and oxygen atoms in total. The van der Waals surface area contributed by atoms with Crippen LogP contribution in [0.3, 0.4) is 0 Å². The van der Waals surface area contributed by atoms with Gasteiger partial charge in [0.25, 0.3) is 0 Å². The maximum absolute atomic E-state index is 13.2. The molecule has 28 N–H and O–H groups in total. The van der Waals surface area contributed by atoms with Crippen molar-refractivity contribution in [1.29, 1.82) is 0 Å². The van der Waals surface area contributed by atoms with E-state index in [1.54, 1.807) is 0 Å². The molecule has 0 aromatic heterocycles. The van der Waals surface area contributed by atoms with Gasteiger partial charge in [0, 0.05) is 20.8 Å². The summed E-state index contributed by atoms with van der Waals surface area (Å²) in [6.07, 6.45) is -84.3. The number of hydrogen-bond acceptors (Lipinski definition) is 45. The normalized spacial score (nSPS) is 50.4. The Morgan fingerprint density at radius 1 is 0.259 bits per heavy atom. The van der Waals surface area contributed by atoms with E-state index in [1.807, 2.05) is 0 Å². The molecule has 9 rings (SSSR count). The van der Waals surface area contributed by atoms with Gasteiger partial charge in [-0.15, -0.1) is 0 Å². The summed E-state index contributed by atoms with van der Waals surface area (Å²) in [7, 11) is 0. The van der Waals surface area contributed by atoms with Gasteiger partial charge in [0.1, 0.15) is 213 Å². The zero-order chi connectivity index (χ0) is 79.5. The van der Waals surface area contributed by atoms with Crippen molar-refractivity contribution in [1.82, 2.24) is 16.0 Å². The molecular weight excluding hydrogens is 1480 g/mol. The van der Waals surface area contributed by atoms with Crippen molar-refractivity contribution in [2.75, 3.05) is 52.9 Å². The summed E-state index contributed by atoms with van der Waals surface area (Å²) >= 11 is 0.